The molecule has 22 heavy (non-hydrogen) atoms. The molecule has 0 unspecified atom stereocenters. The summed E-state index contributed by atoms with van der Waals surface area (Å²) in [5.74, 6) is -1.00. The van der Waals surface area contributed by atoms with Crippen molar-refractivity contribution in [1.29, 1.82) is 5.26 Å². The first-order valence-electron chi connectivity index (χ1n) is 6.30. The molecule has 1 aromatic carbocycles. The molecular weight excluding hydrogens is 282 g/mol. The number of hydrogen-bond donors (Lipinski definition) is 1. The predicted octanol–water partition coefficient (Wildman–Crippen LogP) is 1.90. The third kappa shape index (κ3) is 2.29. The van der Waals surface area contributed by atoms with Crippen molar-refractivity contribution in [3.05, 3.63) is 60.0 Å². The minimum atomic E-state index is -1.00. The molecular formula is C15H9N5O2. The van der Waals surface area contributed by atoms with Crippen LogP contribution in [0.5, 0.6) is 0 Å². The Bertz CT molecular complexity index is 863. The van der Waals surface area contributed by atoms with Gasteiger partial charge in [0.1, 0.15) is 11.8 Å². The van der Waals surface area contributed by atoms with Crippen molar-refractivity contribution in [2.75, 3.05) is 0 Å². The van der Waals surface area contributed by atoms with Gasteiger partial charge in [0.25, 0.3) is 0 Å². The van der Waals surface area contributed by atoms with Crippen molar-refractivity contribution in [3.63, 3.8) is 0 Å². The van der Waals surface area contributed by atoms with E-state index < -0.39 is 5.97 Å². The van der Waals surface area contributed by atoms with Crippen LogP contribution in [0.1, 0.15) is 16.1 Å². The van der Waals surface area contributed by atoms with Crippen LogP contribution in [-0.2, 0) is 0 Å². The van der Waals surface area contributed by atoms with Gasteiger partial charge < -0.3 is 5.11 Å². The quantitative estimate of drug-likeness (QED) is 0.790. The highest BCUT2D eigenvalue weighted by Crippen LogP contribution is 2.24. The summed E-state index contributed by atoms with van der Waals surface area (Å²) in [5, 5.41) is 26.0. The van der Waals surface area contributed by atoms with Gasteiger partial charge in [-0.25, -0.2) is 9.48 Å². The molecule has 2 heterocycles. The lowest BCUT2D eigenvalue weighted by Gasteiger charge is -2.06. The second-order valence-corrected chi connectivity index (χ2v) is 4.40. The summed E-state index contributed by atoms with van der Waals surface area (Å²) in [6, 6.07) is 11.7. The molecule has 3 rings (SSSR count). The monoisotopic (exact) mass is 291 g/mol. The van der Waals surface area contributed by atoms with Crippen molar-refractivity contribution in [2.24, 2.45) is 0 Å². The molecule has 0 amide bonds. The summed E-state index contributed by atoms with van der Waals surface area (Å²) in [4.78, 5) is 14.9. The lowest BCUT2D eigenvalue weighted by Crippen LogP contribution is -2.02. The number of rotatable bonds is 3. The van der Waals surface area contributed by atoms with E-state index in [0.717, 1.165) is 0 Å². The Balaban J connectivity index is 2.14. The lowest BCUT2D eigenvalue weighted by molar-refractivity contribution is 0.0697. The van der Waals surface area contributed by atoms with Crippen LogP contribution < -0.4 is 0 Å². The highest BCUT2D eigenvalue weighted by Gasteiger charge is 2.16. The van der Waals surface area contributed by atoms with Crippen molar-refractivity contribution >= 4 is 5.97 Å². The van der Waals surface area contributed by atoms with Gasteiger partial charge in [0.05, 0.1) is 11.3 Å². The number of pyridine rings is 1. The van der Waals surface area contributed by atoms with Gasteiger partial charge >= 0.3 is 5.97 Å². The van der Waals surface area contributed by atoms with Crippen LogP contribution in [0.4, 0.5) is 0 Å². The van der Waals surface area contributed by atoms with Crippen molar-refractivity contribution in [2.45, 2.75) is 0 Å². The molecule has 3 aromatic rings. The maximum absolute atomic E-state index is 10.9. The molecule has 0 bridgehead atoms. The number of aromatic carboxylic acids is 1. The molecule has 1 N–H and O–H groups in total. The van der Waals surface area contributed by atoms with E-state index in [1.807, 2.05) is 6.07 Å². The van der Waals surface area contributed by atoms with Gasteiger partial charge in [0.2, 0.25) is 0 Å². The minimum Gasteiger partial charge on any atom is -0.478 e. The van der Waals surface area contributed by atoms with Crippen LogP contribution in [-0.4, -0.2) is 31.1 Å². The molecule has 0 atom stereocenters. The van der Waals surface area contributed by atoms with Gasteiger partial charge in [0, 0.05) is 18.0 Å². The molecule has 0 fully saturated rings. The number of aromatic nitrogens is 4. The van der Waals surface area contributed by atoms with E-state index in [2.05, 4.69) is 15.3 Å². The number of nitrogens with zero attached hydrogens (tertiary/aromatic N) is 5. The predicted molar refractivity (Wildman–Crippen MR) is 76.3 cm³/mol. The zero-order valence-electron chi connectivity index (χ0n) is 11.2. The van der Waals surface area contributed by atoms with Gasteiger partial charge in [-0.1, -0.05) is 5.21 Å². The van der Waals surface area contributed by atoms with E-state index in [1.54, 1.807) is 36.7 Å². The summed E-state index contributed by atoms with van der Waals surface area (Å²) in [7, 11) is 0. The molecule has 0 aliphatic heterocycles. The number of carboxylic acid groups (broad SMARTS) is 1. The van der Waals surface area contributed by atoms with Crippen molar-refractivity contribution in [3.8, 4) is 23.0 Å². The van der Waals surface area contributed by atoms with Crippen LogP contribution in [0.3, 0.4) is 0 Å². The van der Waals surface area contributed by atoms with Crippen LogP contribution in [0, 0.1) is 11.3 Å². The number of hydrogen-bond acceptors (Lipinski definition) is 5. The fourth-order valence-electron chi connectivity index (χ4n) is 2.04. The summed E-state index contributed by atoms with van der Waals surface area (Å²) in [5.41, 5.74) is 2.17. The summed E-state index contributed by atoms with van der Waals surface area (Å²) in [6.45, 7) is 0. The first-order chi connectivity index (χ1) is 10.7. The summed E-state index contributed by atoms with van der Waals surface area (Å²) < 4.78 is 1.49. The molecule has 7 heteroatoms. The molecule has 7 nitrogen and oxygen atoms in total. The molecule has 2 aromatic heterocycles. The van der Waals surface area contributed by atoms with Crippen LogP contribution >= 0.6 is 0 Å². The zero-order valence-corrected chi connectivity index (χ0v) is 11.2. The first kappa shape index (κ1) is 13.5. The number of benzene rings is 1. The van der Waals surface area contributed by atoms with Gasteiger partial charge in [-0.2, -0.15) is 5.26 Å². The smallest absolute Gasteiger partial charge is 0.335 e. The molecule has 0 saturated heterocycles. The Kier molecular flexibility index (Phi) is 3.34. The molecule has 0 radical (unpaired) electrons. The molecule has 0 saturated carbocycles. The Labute approximate surface area is 125 Å². The van der Waals surface area contributed by atoms with Gasteiger partial charge in [-0.3, -0.25) is 4.98 Å². The second-order valence-electron chi connectivity index (χ2n) is 4.40. The minimum absolute atomic E-state index is 0.173. The Hall–Kier alpha value is -3.53. The Morgan fingerprint density at radius 2 is 2.00 bits per heavy atom. The van der Waals surface area contributed by atoms with E-state index >= 15 is 0 Å². The lowest BCUT2D eigenvalue weighted by atomic mass is 10.1. The third-order valence-electron chi connectivity index (χ3n) is 3.07. The molecule has 0 aliphatic carbocycles. The average Bonchev–Trinajstić information content (AvgIpc) is 2.99. The number of carbonyl (C=O) groups is 1. The SMILES string of the molecule is N#Cc1nnn(-c2ccc(C(=O)O)cc2)c1-c1cccnc1. The highest BCUT2D eigenvalue weighted by atomic mass is 16.4. The maximum atomic E-state index is 10.9. The number of nitriles is 1. The van der Waals surface area contributed by atoms with E-state index in [9.17, 15) is 10.1 Å². The van der Waals surface area contributed by atoms with E-state index in [-0.39, 0.29) is 11.3 Å². The zero-order chi connectivity index (χ0) is 15.5. The highest BCUT2D eigenvalue weighted by molar-refractivity contribution is 5.87. The molecule has 0 spiro atoms. The first-order valence-corrected chi connectivity index (χ1v) is 6.30. The van der Waals surface area contributed by atoms with Crippen LogP contribution in [0.15, 0.2) is 48.8 Å². The van der Waals surface area contributed by atoms with Crippen LogP contribution in [0.2, 0.25) is 0 Å². The third-order valence-corrected chi connectivity index (χ3v) is 3.07. The van der Waals surface area contributed by atoms with Gasteiger partial charge in [-0.15, -0.1) is 5.10 Å². The van der Waals surface area contributed by atoms with Crippen molar-refractivity contribution in [1.82, 2.24) is 20.0 Å². The van der Waals surface area contributed by atoms with Gasteiger partial charge in [0.15, 0.2) is 5.69 Å². The second kappa shape index (κ2) is 5.46. The summed E-state index contributed by atoms with van der Waals surface area (Å²) in [6.07, 6.45) is 3.24. The molecule has 106 valence electrons. The summed E-state index contributed by atoms with van der Waals surface area (Å²) >= 11 is 0. The van der Waals surface area contributed by atoms with Crippen molar-refractivity contribution < 1.29 is 9.90 Å². The Morgan fingerprint density at radius 3 is 2.59 bits per heavy atom. The van der Waals surface area contributed by atoms with E-state index in [1.165, 1.54) is 16.8 Å². The standard InChI is InChI=1S/C15H9N5O2/c16-8-13-14(11-2-1-7-17-9-11)20(19-18-13)12-5-3-10(4-6-12)15(21)22/h1-7,9H,(H,21,22). The largest absolute Gasteiger partial charge is 0.478 e. The normalized spacial score (nSPS) is 10.1. The fraction of sp³-hybridized carbons (Fsp3) is 0. The average molecular weight is 291 g/mol. The van der Waals surface area contributed by atoms with E-state index in [0.29, 0.717) is 16.9 Å². The maximum Gasteiger partial charge on any atom is 0.335 e. The number of carboxylic acids is 1. The topological polar surface area (TPSA) is 105 Å². The Morgan fingerprint density at radius 1 is 1.23 bits per heavy atom. The van der Waals surface area contributed by atoms with Gasteiger partial charge in [-0.05, 0) is 36.4 Å². The van der Waals surface area contributed by atoms with E-state index in [4.69, 9.17) is 5.11 Å². The fourth-order valence-corrected chi connectivity index (χ4v) is 2.04. The molecule has 0 aliphatic rings. The van der Waals surface area contributed by atoms with Crippen LogP contribution in [0.25, 0.3) is 16.9 Å².